The molecule has 5 nitrogen and oxygen atoms in total. The van der Waals surface area contributed by atoms with Crippen molar-refractivity contribution in [3.63, 3.8) is 0 Å². The van der Waals surface area contributed by atoms with Crippen LogP contribution in [0.4, 0.5) is 15.8 Å². The zero-order valence-electron chi connectivity index (χ0n) is 14.3. The molecule has 0 heterocycles. The molecular weight excluding hydrogens is 474 g/mol. The van der Waals surface area contributed by atoms with Gasteiger partial charge in [-0.15, -0.1) is 0 Å². The molecule has 0 aliphatic heterocycles. The number of hydrogen-bond acceptors (Lipinski definition) is 4. The maximum atomic E-state index is 13.9. The van der Waals surface area contributed by atoms with Gasteiger partial charge < -0.3 is 10.4 Å². The summed E-state index contributed by atoms with van der Waals surface area (Å²) in [4.78, 5) is 17.4. The molecule has 0 aliphatic carbocycles. The average molecular weight is 493 g/mol. The number of rotatable bonds is 7. The molecular formula is C18H19ClFIN2O3. The zero-order valence-corrected chi connectivity index (χ0v) is 17.2. The van der Waals surface area contributed by atoms with Gasteiger partial charge >= 0.3 is 0 Å². The van der Waals surface area contributed by atoms with Crippen LogP contribution in [0.2, 0.25) is 5.02 Å². The predicted molar refractivity (Wildman–Crippen MR) is 108 cm³/mol. The smallest absolute Gasteiger partial charge is 0.277 e. The van der Waals surface area contributed by atoms with Crippen molar-refractivity contribution in [3.8, 4) is 0 Å². The SMILES string of the molecule is CCC(O)CONC(=O)c1cc(Cl)c(F)cc1Nc1ccc(I)cc1C. The molecule has 1 amide bonds. The quantitative estimate of drug-likeness (QED) is 0.391. The molecule has 0 bridgehead atoms. The van der Waals surface area contributed by atoms with Crippen molar-refractivity contribution >= 4 is 51.5 Å². The van der Waals surface area contributed by atoms with Gasteiger partial charge in [-0.25, -0.2) is 9.87 Å². The maximum Gasteiger partial charge on any atom is 0.277 e. The first-order valence-corrected chi connectivity index (χ1v) is 9.40. The van der Waals surface area contributed by atoms with Crippen LogP contribution in [0.3, 0.4) is 0 Å². The van der Waals surface area contributed by atoms with E-state index in [2.05, 4.69) is 33.4 Å². The highest BCUT2D eigenvalue weighted by Gasteiger charge is 2.17. The number of aryl methyl sites for hydroxylation is 1. The first-order valence-electron chi connectivity index (χ1n) is 7.94. The second-order valence-corrected chi connectivity index (χ2v) is 7.35. The maximum absolute atomic E-state index is 13.9. The largest absolute Gasteiger partial charge is 0.391 e. The lowest BCUT2D eigenvalue weighted by Crippen LogP contribution is -2.28. The van der Waals surface area contributed by atoms with E-state index >= 15 is 0 Å². The Morgan fingerprint density at radius 2 is 2.08 bits per heavy atom. The fraction of sp³-hybridized carbons (Fsp3) is 0.278. The van der Waals surface area contributed by atoms with E-state index in [1.54, 1.807) is 6.92 Å². The zero-order chi connectivity index (χ0) is 19.3. The minimum atomic E-state index is -0.681. The lowest BCUT2D eigenvalue weighted by atomic mass is 10.1. The van der Waals surface area contributed by atoms with Gasteiger partial charge in [0, 0.05) is 9.26 Å². The van der Waals surface area contributed by atoms with Crippen molar-refractivity contribution in [2.24, 2.45) is 0 Å². The highest BCUT2D eigenvalue weighted by atomic mass is 127. The van der Waals surface area contributed by atoms with Crippen molar-refractivity contribution in [3.05, 3.63) is 55.9 Å². The molecule has 1 atom stereocenters. The Balaban J connectivity index is 2.25. The number of halogens is 3. The van der Waals surface area contributed by atoms with Crippen LogP contribution in [-0.4, -0.2) is 23.7 Å². The van der Waals surface area contributed by atoms with Gasteiger partial charge in [0.2, 0.25) is 0 Å². The summed E-state index contributed by atoms with van der Waals surface area (Å²) >= 11 is 8.02. The van der Waals surface area contributed by atoms with Gasteiger partial charge in [0.05, 0.1) is 22.4 Å². The molecule has 0 aliphatic rings. The van der Waals surface area contributed by atoms with Crippen LogP contribution >= 0.6 is 34.2 Å². The Morgan fingerprint density at radius 1 is 1.35 bits per heavy atom. The Morgan fingerprint density at radius 3 is 2.73 bits per heavy atom. The van der Waals surface area contributed by atoms with Gasteiger partial charge in [0.25, 0.3) is 5.91 Å². The minimum absolute atomic E-state index is 0.0455. The molecule has 8 heteroatoms. The third-order valence-electron chi connectivity index (χ3n) is 3.67. The van der Waals surface area contributed by atoms with E-state index in [-0.39, 0.29) is 22.9 Å². The Bertz CT molecular complexity index is 804. The molecule has 0 aromatic heterocycles. The summed E-state index contributed by atoms with van der Waals surface area (Å²) in [5.41, 5.74) is 4.31. The van der Waals surface area contributed by atoms with Gasteiger partial charge in [-0.3, -0.25) is 9.63 Å². The standard InChI is InChI=1S/C18H19ClFIN2O3/c1-3-12(24)9-26-23-18(25)13-7-14(19)15(20)8-17(13)22-16-5-4-11(21)6-10(16)2/h4-8,12,22,24H,3,9H2,1-2H3,(H,23,25). The molecule has 26 heavy (non-hydrogen) atoms. The molecule has 0 saturated heterocycles. The monoisotopic (exact) mass is 492 g/mol. The number of aliphatic hydroxyl groups is 1. The normalized spacial score (nSPS) is 11.9. The molecule has 0 fully saturated rings. The predicted octanol–water partition coefficient (Wildman–Crippen LogP) is 4.57. The van der Waals surface area contributed by atoms with Crippen LogP contribution in [0.15, 0.2) is 30.3 Å². The summed E-state index contributed by atoms with van der Waals surface area (Å²) in [6, 6.07) is 8.10. The summed E-state index contributed by atoms with van der Waals surface area (Å²) in [5, 5.41) is 12.4. The highest BCUT2D eigenvalue weighted by Crippen LogP contribution is 2.29. The van der Waals surface area contributed by atoms with E-state index < -0.39 is 17.8 Å². The van der Waals surface area contributed by atoms with E-state index in [0.717, 1.165) is 20.9 Å². The number of carbonyl (C=O) groups excluding carboxylic acids is 1. The minimum Gasteiger partial charge on any atom is -0.391 e. The van der Waals surface area contributed by atoms with E-state index in [4.69, 9.17) is 16.4 Å². The molecule has 2 aromatic carbocycles. The molecule has 140 valence electrons. The topological polar surface area (TPSA) is 70.6 Å². The van der Waals surface area contributed by atoms with Crippen molar-refractivity contribution < 1.29 is 19.1 Å². The number of amides is 1. The molecule has 0 saturated carbocycles. The second-order valence-electron chi connectivity index (χ2n) is 5.70. The van der Waals surface area contributed by atoms with Crippen LogP contribution < -0.4 is 10.8 Å². The second kappa shape index (κ2) is 9.50. The van der Waals surface area contributed by atoms with Crippen molar-refractivity contribution in [2.75, 3.05) is 11.9 Å². The fourth-order valence-electron chi connectivity index (χ4n) is 2.13. The number of aliphatic hydroxyl groups excluding tert-OH is 1. The summed E-state index contributed by atoms with van der Waals surface area (Å²) < 4.78 is 15.0. The van der Waals surface area contributed by atoms with Gasteiger partial charge in [-0.05, 0) is 71.8 Å². The lowest BCUT2D eigenvalue weighted by molar-refractivity contribution is -0.0133. The summed E-state index contributed by atoms with van der Waals surface area (Å²) in [5.74, 6) is -1.24. The number of hydrogen-bond donors (Lipinski definition) is 3. The number of anilines is 2. The average Bonchev–Trinajstić information content (AvgIpc) is 2.59. The molecule has 0 spiro atoms. The van der Waals surface area contributed by atoms with Crippen molar-refractivity contribution in [1.29, 1.82) is 0 Å². The lowest BCUT2D eigenvalue weighted by Gasteiger charge is -2.15. The van der Waals surface area contributed by atoms with Crippen LogP contribution in [0.25, 0.3) is 0 Å². The van der Waals surface area contributed by atoms with Crippen molar-refractivity contribution in [1.82, 2.24) is 5.48 Å². The molecule has 0 radical (unpaired) electrons. The number of benzene rings is 2. The van der Waals surface area contributed by atoms with Crippen LogP contribution in [0.1, 0.15) is 29.3 Å². The summed E-state index contributed by atoms with van der Waals surface area (Å²) in [7, 11) is 0. The first kappa shape index (κ1) is 20.9. The molecule has 3 N–H and O–H groups in total. The third-order valence-corrected chi connectivity index (χ3v) is 4.64. The van der Waals surface area contributed by atoms with E-state index in [0.29, 0.717) is 6.42 Å². The van der Waals surface area contributed by atoms with E-state index in [1.165, 1.54) is 6.07 Å². The van der Waals surface area contributed by atoms with E-state index in [9.17, 15) is 14.3 Å². The van der Waals surface area contributed by atoms with E-state index in [1.807, 2.05) is 25.1 Å². The van der Waals surface area contributed by atoms with Crippen LogP contribution in [-0.2, 0) is 4.84 Å². The van der Waals surface area contributed by atoms with Crippen LogP contribution in [0.5, 0.6) is 0 Å². The summed E-state index contributed by atoms with van der Waals surface area (Å²) in [6.45, 7) is 3.66. The molecule has 2 rings (SSSR count). The molecule has 1 unspecified atom stereocenters. The fourth-order valence-corrected chi connectivity index (χ4v) is 2.94. The van der Waals surface area contributed by atoms with Gasteiger partial charge in [-0.2, -0.15) is 0 Å². The molecule has 2 aromatic rings. The van der Waals surface area contributed by atoms with Crippen molar-refractivity contribution in [2.45, 2.75) is 26.4 Å². The van der Waals surface area contributed by atoms with Gasteiger partial charge in [-0.1, -0.05) is 18.5 Å². The Kier molecular flexibility index (Phi) is 7.63. The van der Waals surface area contributed by atoms with Gasteiger partial charge in [0.1, 0.15) is 12.4 Å². The number of nitrogens with one attached hydrogen (secondary N) is 2. The first-order chi connectivity index (χ1) is 12.3. The van der Waals surface area contributed by atoms with Gasteiger partial charge in [0.15, 0.2) is 0 Å². The number of carbonyl (C=O) groups is 1. The van der Waals surface area contributed by atoms with Crippen LogP contribution in [0, 0.1) is 16.3 Å². The Labute approximate surface area is 170 Å². The third kappa shape index (κ3) is 5.54. The highest BCUT2D eigenvalue weighted by molar-refractivity contribution is 14.1. The number of hydroxylamine groups is 1. The summed E-state index contributed by atoms with van der Waals surface area (Å²) in [6.07, 6.45) is -0.184. The Hall–Kier alpha value is -1.42.